The summed E-state index contributed by atoms with van der Waals surface area (Å²) in [5, 5.41) is 8.69. The molecular formula is C16H13FO2. The zero-order chi connectivity index (χ0) is 13.5. The van der Waals surface area contributed by atoms with Crippen molar-refractivity contribution in [3.8, 4) is 17.6 Å². The van der Waals surface area contributed by atoms with Gasteiger partial charge >= 0.3 is 0 Å². The van der Waals surface area contributed by atoms with Crippen molar-refractivity contribution in [2.24, 2.45) is 0 Å². The average Bonchev–Trinajstić information content (AvgIpc) is 2.45. The van der Waals surface area contributed by atoms with Crippen LogP contribution in [0.5, 0.6) is 5.75 Å². The van der Waals surface area contributed by atoms with Crippen LogP contribution >= 0.6 is 0 Å². The van der Waals surface area contributed by atoms with Crippen molar-refractivity contribution in [2.75, 3.05) is 6.61 Å². The summed E-state index contributed by atoms with van der Waals surface area (Å²) in [5.74, 6) is 5.29. The maximum absolute atomic E-state index is 13.2. The molecule has 2 rings (SSSR count). The van der Waals surface area contributed by atoms with Crippen LogP contribution in [0.1, 0.15) is 11.1 Å². The van der Waals surface area contributed by atoms with Crippen LogP contribution in [0.3, 0.4) is 0 Å². The number of halogens is 1. The summed E-state index contributed by atoms with van der Waals surface area (Å²) in [6, 6.07) is 13.8. The summed E-state index contributed by atoms with van der Waals surface area (Å²) >= 11 is 0. The Hall–Kier alpha value is -2.31. The molecule has 3 heteroatoms. The molecule has 2 nitrogen and oxygen atoms in total. The summed E-state index contributed by atoms with van der Waals surface area (Å²) in [6.07, 6.45) is 0. The quantitative estimate of drug-likeness (QED) is 0.856. The number of aliphatic hydroxyl groups excluding tert-OH is 1. The van der Waals surface area contributed by atoms with Crippen molar-refractivity contribution >= 4 is 0 Å². The third-order valence-corrected chi connectivity index (χ3v) is 2.48. The van der Waals surface area contributed by atoms with E-state index in [0.717, 1.165) is 5.56 Å². The van der Waals surface area contributed by atoms with Crippen LogP contribution in [0.2, 0.25) is 0 Å². The van der Waals surface area contributed by atoms with Crippen LogP contribution in [0, 0.1) is 17.7 Å². The second-order valence-corrected chi connectivity index (χ2v) is 3.87. The highest BCUT2D eigenvalue weighted by molar-refractivity contribution is 5.46. The van der Waals surface area contributed by atoms with Gasteiger partial charge in [-0.25, -0.2) is 4.39 Å². The molecular weight excluding hydrogens is 243 g/mol. The average molecular weight is 256 g/mol. The molecule has 0 fully saturated rings. The van der Waals surface area contributed by atoms with E-state index in [2.05, 4.69) is 11.8 Å². The Morgan fingerprint density at radius 3 is 2.63 bits per heavy atom. The molecule has 1 N–H and O–H groups in total. The van der Waals surface area contributed by atoms with Gasteiger partial charge in [0.1, 0.15) is 24.8 Å². The van der Waals surface area contributed by atoms with E-state index in [1.807, 2.05) is 30.3 Å². The number of aliphatic hydroxyl groups is 1. The van der Waals surface area contributed by atoms with Gasteiger partial charge in [-0.05, 0) is 23.8 Å². The Morgan fingerprint density at radius 1 is 1.11 bits per heavy atom. The molecule has 0 heterocycles. The molecule has 96 valence electrons. The number of hydrogen-bond acceptors (Lipinski definition) is 2. The van der Waals surface area contributed by atoms with E-state index in [0.29, 0.717) is 17.9 Å². The molecule has 0 saturated carbocycles. The fourth-order valence-corrected chi connectivity index (χ4v) is 1.60. The first-order valence-corrected chi connectivity index (χ1v) is 5.85. The summed E-state index contributed by atoms with van der Waals surface area (Å²) in [6.45, 7) is 0.120. The smallest absolute Gasteiger partial charge is 0.135 e. The molecule has 0 aliphatic carbocycles. The molecule has 0 amide bonds. The van der Waals surface area contributed by atoms with Gasteiger partial charge in [-0.15, -0.1) is 0 Å². The summed E-state index contributed by atoms with van der Waals surface area (Å²) in [4.78, 5) is 0. The third-order valence-electron chi connectivity index (χ3n) is 2.48. The lowest BCUT2D eigenvalue weighted by molar-refractivity contribution is 0.305. The van der Waals surface area contributed by atoms with Gasteiger partial charge in [-0.2, -0.15) is 0 Å². The highest BCUT2D eigenvalue weighted by Crippen LogP contribution is 2.20. The van der Waals surface area contributed by atoms with E-state index in [-0.39, 0.29) is 12.4 Å². The number of rotatable bonds is 3. The van der Waals surface area contributed by atoms with E-state index in [4.69, 9.17) is 9.84 Å². The highest BCUT2D eigenvalue weighted by atomic mass is 19.1. The molecule has 0 saturated heterocycles. The Kier molecular flexibility index (Phi) is 4.54. The van der Waals surface area contributed by atoms with Crippen molar-refractivity contribution in [3.05, 3.63) is 65.5 Å². The first-order valence-electron chi connectivity index (χ1n) is 5.85. The van der Waals surface area contributed by atoms with Gasteiger partial charge in [0.2, 0.25) is 0 Å². The molecule has 0 atom stereocenters. The maximum Gasteiger partial charge on any atom is 0.135 e. The van der Waals surface area contributed by atoms with Crippen molar-refractivity contribution in [3.63, 3.8) is 0 Å². The lowest BCUT2D eigenvalue weighted by Gasteiger charge is -2.08. The van der Waals surface area contributed by atoms with Crippen LogP contribution in [0.4, 0.5) is 4.39 Å². The molecule has 0 aliphatic heterocycles. The normalized spacial score (nSPS) is 9.58. The highest BCUT2D eigenvalue weighted by Gasteiger charge is 2.03. The molecule has 0 bridgehead atoms. The Balaban J connectivity index is 2.15. The predicted octanol–water partition coefficient (Wildman–Crippen LogP) is 2.75. The fourth-order valence-electron chi connectivity index (χ4n) is 1.60. The first-order chi connectivity index (χ1) is 9.29. The Morgan fingerprint density at radius 2 is 1.89 bits per heavy atom. The monoisotopic (exact) mass is 256 g/mol. The number of ether oxygens (including phenoxy) is 1. The first kappa shape index (κ1) is 13.1. The molecule has 0 unspecified atom stereocenters. The maximum atomic E-state index is 13.2. The standard InChI is InChI=1S/C16H13FO2/c17-15-8-9-16(14(11-15)7-4-10-18)19-12-13-5-2-1-3-6-13/h1-3,5-6,8-9,11,18H,10,12H2. The SMILES string of the molecule is OCC#Cc1cc(F)ccc1OCc1ccccc1. The van der Waals surface area contributed by atoms with Gasteiger partial charge in [0.25, 0.3) is 0 Å². The van der Waals surface area contributed by atoms with E-state index >= 15 is 0 Å². The van der Waals surface area contributed by atoms with E-state index in [9.17, 15) is 4.39 Å². The van der Waals surface area contributed by atoms with E-state index in [1.165, 1.54) is 12.1 Å². The van der Waals surface area contributed by atoms with Crippen LogP contribution < -0.4 is 4.74 Å². The molecule has 0 aromatic heterocycles. The van der Waals surface area contributed by atoms with Crippen molar-refractivity contribution in [1.29, 1.82) is 0 Å². The molecule has 2 aromatic rings. The van der Waals surface area contributed by atoms with Crippen molar-refractivity contribution in [1.82, 2.24) is 0 Å². The third kappa shape index (κ3) is 3.84. The molecule has 0 spiro atoms. The lowest BCUT2D eigenvalue weighted by atomic mass is 10.2. The van der Waals surface area contributed by atoms with Gasteiger partial charge in [0, 0.05) is 0 Å². The van der Waals surface area contributed by atoms with Crippen molar-refractivity contribution < 1.29 is 14.2 Å². The summed E-state index contributed by atoms with van der Waals surface area (Å²) < 4.78 is 18.8. The topological polar surface area (TPSA) is 29.5 Å². The largest absolute Gasteiger partial charge is 0.488 e. The molecule has 19 heavy (non-hydrogen) atoms. The number of benzene rings is 2. The van der Waals surface area contributed by atoms with Gasteiger partial charge in [-0.3, -0.25) is 0 Å². The minimum atomic E-state index is -0.380. The summed E-state index contributed by atoms with van der Waals surface area (Å²) in [5.41, 5.74) is 1.46. The Bertz CT molecular complexity index is 597. The van der Waals surface area contributed by atoms with Crippen LogP contribution in [-0.4, -0.2) is 11.7 Å². The van der Waals surface area contributed by atoms with E-state index in [1.54, 1.807) is 6.07 Å². The van der Waals surface area contributed by atoms with Gasteiger partial charge < -0.3 is 9.84 Å². The van der Waals surface area contributed by atoms with Crippen LogP contribution in [0.15, 0.2) is 48.5 Å². The molecule has 0 radical (unpaired) electrons. The van der Waals surface area contributed by atoms with Crippen LogP contribution in [0.25, 0.3) is 0 Å². The zero-order valence-corrected chi connectivity index (χ0v) is 10.3. The number of hydrogen-bond donors (Lipinski definition) is 1. The van der Waals surface area contributed by atoms with Gasteiger partial charge in [0.15, 0.2) is 0 Å². The summed E-state index contributed by atoms with van der Waals surface area (Å²) in [7, 11) is 0. The minimum absolute atomic E-state index is 0.269. The molecule has 2 aromatic carbocycles. The predicted molar refractivity (Wildman–Crippen MR) is 71.1 cm³/mol. The van der Waals surface area contributed by atoms with E-state index < -0.39 is 0 Å². The lowest BCUT2D eigenvalue weighted by Crippen LogP contribution is -1.97. The minimum Gasteiger partial charge on any atom is -0.488 e. The van der Waals surface area contributed by atoms with Gasteiger partial charge in [0.05, 0.1) is 5.56 Å². The Labute approximate surface area is 111 Å². The fraction of sp³-hybridized carbons (Fsp3) is 0.125. The zero-order valence-electron chi connectivity index (χ0n) is 10.3. The van der Waals surface area contributed by atoms with Crippen LogP contribution in [-0.2, 0) is 6.61 Å². The van der Waals surface area contributed by atoms with Crippen molar-refractivity contribution in [2.45, 2.75) is 6.61 Å². The second-order valence-electron chi connectivity index (χ2n) is 3.87. The molecule has 0 aliphatic rings. The van der Waals surface area contributed by atoms with Gasteiger partial charge in [-0.1, -0.05) is 42.2 Å². The second kappa shape index (κ2) is 6.58.